The van der Waals surface area contributed by atoms with Gasteiger partial charge in [-0.3, -0.25) is 0 Å². The minimum absolute atomic E-state index is 0.0455. The molecule has 0 bridgehead atoms. The molecule has 5 nitrogen and oxygen atoms in total. The van der Waals surface area contributed by atoms with Gasteiger partial charge in [-0.25, -0.2) is 4.79 Å². The second-order valence-corrected chi connectivity index (χ2v) is 6.37. The van der Waals surface area contributed by atoms with Crippen LogP contribution in [0.2, 0.25) is 0 Å². The van der Waals surface area contributed by atoms with Gasteiger partial charge < -0.3 is 20.1 Å². The molecule has 0 unspecified atom stereocenters. The average molecular weight is 328 g/mol. The van der Waals surface area contributed by atoms with Crippen molar-refractivity contribution in [3.63, 3.8) is 0 Å². The number of hydrogen-bond acceptors (Lipinski definition) is 3. The molecule has 0 fully saturated rings. The average Bonchev–Trinajstić information content (AvgIpc) is 2.55. The van der Waals surface area contributed by atoms with Gasteiger partial charge in [0.1, 0.15) is 0 Å². The molecule has 128 valence electrons. The zero-order valence-electron chi connectivity index (χ0n) is 14.6. The largest absolute Gasteiger partial charge is 0.493 e. The summed E-state index contributed by atoms with van der Waals surface area (Å²) in [5.74, 6) is 1.20. The fraction of sp³-hybridized carbons (Fsp3) is 0.316. The van der Waals surface area contributed by atoms with Crippen LogP contribution in [0.15, 0.2) is 48.5 Å². The number of urea groups is 1. The number of methoxy groups -OCH3 is 1. The SMILES string of the molecule is COc1ccccc1OCNC(=O)Nc1ccccc1C(C)(C)C. The van der Waals surface area contributed by atoms with E-state index < -0.39 is 0 Å². The molecule has 0 radical (unpaired) electrons. The Hall–Kier alpha value is -2.69. The number of ether oxygens (including phenoxy) is 2. The van der Waals surface area contributed by atoms with Crippen molar-refractivity contribution in [2.75, 3.05) is 19.2 Å². The number of para-hydroxylation sites is 3. The number of anilines is 1. The highest BCUT2D eigenvalue weighted by molar-refractivity contribution is 5.90. The van der Waals surface area contributed by atoms with Crippen molar-refractivity contribution in [3.8, 4) is 11.5 Å². The molecule has 2 amide bonds. The Bertz CT molecular complexity index is 693. The van der Waals surface area contributed by atoms with Crippen molar-refractivity contribution in [2.24, 2.45) is 0 Å². The molecule has 0 atom stereocenters. The quantitative estimate of drug-likeness (QED) is 0.811. The number of carbonyl (C=O) groups excluding carboxylic acids is 1. The first-order chi connectivity index (χ1) is 11.4. The van der Waals surface area contributed by atoms with E-state index in [9.17, 15) is 4.79 Å². The van der Waals surface area contributed by atoms with Gasteiger partial charge in [0.2, 0.25) is 0 Å². The molecule has 0 saturated heterocycles. The molecule has 0 aromatic heterocycles. The summed E-state index contributed by atoms with van der Waals surface area (Å²) in [6.45, 7) is 6.37. The summed E-state index contributed by atoms with van der Waals surface area (Å²) >= 11 is 0. The third-order valence-corrected chi connectivity index (χ3v) is 3.51. The summed E-state index contributed by atoms with van der Waals surface area (Å²) < 4.78 is 10.7. The summed E-state index contributed by atoms with van der Waals surface area (Å²) in [7, 11) is 1.58. The van der Waals surface area contributed by atoms with Crippen LogP contribution in [0.25, 0.3) is 0 Å². The van der Waals surface area contributed by atoms with Crippen molar-refractivity contribution >= 4 is 11.7 Å². The van der Waals surface area contributed by atoms with Crippen molar-refractivity contribution < 1.29 is 14.3 Å². The predicted octanol–water partition coefficient (Wildman–Crippen LogP) is 4.15. The summed E-state index contributed by atoms with van der Waals surface area (Å²) in [4.78, 5) is 12.1. The lowest BCUT2D eigenvalue weighted by Gasteiger charge is -2.23. The normalized spacial score (nSPS) is 10.8. The number of nitrogens with one attached hydrogen (secondary N) is 2. The van der Waals surface area contributed by atoms with Gasteiger partial charge in [-0.15, -0.1) is 0 Å². The number of carbonyl (C=O) groups is 1. The van der Waals surface area contributed by atoms with Crippen LogP contribution in [0.3, 0.4) is 0 Å². The first-order valence-corrected chi connectivity index (χ1v) is 7.82. The van der Waals surface area contributed by atoms with Gasteiger partial charge in [0.05, 0.1) is 7.11 Å². The highest BCUT2D eigenvalue weighted by Gasteiger charge is 2.18. The Morgan fingerprint density at radius 1 is 1.00 bits per heavy atom. The maximum Gasteiger partial charge on any atom is 0.321 e. The fourth-order valence-electron chi connectivity index (χ4n) is 2.33. The Kier molecular flexibility index (Phi) is 5.68. The van der Waals surface area contributed by atoms with Gasteiger partial charge in [-0.2, -0.15) is 0 Å². The first kappa shape index (κ1) is 17.7. The van der Waals surface area contributed by atoms with Crippen molar-refractivity contribution in [1.29, 1.82) is 0 Å². The number of benzene rings is 2. The molecular weight excluding hydrogens is 304 g/mol. The molecular formula is C19H24N2O3. The second kappa shape index (κ2) is 7.73. The van der Waals surface area contributed by atoms with E-state index in [4.69, 9.17) is 9.47 Å². The van der Waals surface area contributed by atoms with Crippen molar-refractivity contribution in [1.82, 2.24) is 5.32 Å². The smallest absolute Gasteiger partial charge is 0.321 e. The van der Waals surface area contributed by atoms with Crippen LogP contribution < -0.4 is 20.1 Å². The van der Waals surface area contributed by atoms with Gasteiger partial charge in [-0.05, 0) is 29.2 Å². The first-order valence-electron chi connectivity index (χ1n) is 7.82. The monoisotopic (exact) mass is 328 g/mol. The van der Waals surface area contributed by atoms with E-state index in [0.717, 1.165) is 11.3 Å². The Morgan fingerprint density at radius 2 is 1.62 bits per heavy atom. The molecule has 0 aliphatic rings. The predicted molar refractivity (Wildman–Crippen MR) is 95.8 cm³/mol. The number of hydrogen-bond donors (Lipinski definition) is 2. The summed E-state index contributed by atoms with van der Waals surface area (Å²) in [5.41, 5.74) is 1.81. The van der Waals surface area contributed by atoms with Crippen LogP contribution in [0.5, 0.6) is 11.5 Å². The third-order valence-electron chi connectivity index (χ3n) is 3.51. The zero-order chi connectivity index (χ0) is 17.6. The van der Waals surface area contributed by atoms with E-state index in [1.54, 1.807) is 19.2 Å². The molecule has 2 aromatic rings. The molecule has 24 heavy (non-hydrogen) atoms. The topological polar surface area (TPSA) is 59.6 Å². The molecule has 2 N–H and O–H groups in total. The second-order valence-electron chi connectivity index (χ2n) is 6.37. The molecule has 0 spiro atoms. The third kappa shape index (κ3) is 4.65. The maximum absolute atomic E-state index is 12.1. The Morgan fingerprint density at radius 3 is 2.29 bits per heavy atom. The van der Waals surface area contributed by atoms with E-state index in [1.807, 2.05) is 36.4 Å². The van der Waals surface area contributed by atoms with Gasteiger partial charge >= 0.3 is 6.03 Å². The van der Waals surface area contributed by atoms with Crippen LogP contribution in [0.4, 0.5) is 10.5 Å². The lowest BCUT2D eigenvalue weighted by Crippen LogP contribution is -2.33. The highest BCUT2D eigenvalue weighted by Crippen LogP contribution is 2.29. The minimum Gasteiger partial charge on any atom is -0.493 e. The minimum atomic E-state index is -0.318. The molecule has 2 aromatic carbocycles. The molecule has 0 saturated carbocycles. The van der Waals surface area contributed by atoms with Crippen LogP contribution >= 0.6 is 0 Å². The standard InChI is InChI=1S/C19H24N2O3/c1-19(2,3)14-9-5-6-10-15(14)21-18(22)20-13-24-17-12-8-7-11-16(17)23-4/h5-12H,13H2,1-4H3,(H2,20,21,22). The summed E-state index contributed by atoms with van der Waals surface area (Å²) in [6, 6.07) is 14.7. The number of rotatable bonds is 5. The maximum atomic E-state index is 12.1. The summed E-state index contributed by atoms with van der Waals surface area (Å²) in [5, 5.41) is 5.55. The zero-order valence-corrected chi connectivity index (χ0v) is 14.6. The van der Waals surface area contributed by atoms with E-state index in [1.165, 1.54) is 0 Å². The lowest BCUT2D eigenvalue weighted by molar-refractivity contribution is 0.231. The van der Waals surface area contributed by atoms with Crippen LogP contribution in [0.1, 0.15) is 26.3 Å². The van der Waals surface area contributed by atoms with Crippen molar-refractivity contribution in [3.05, 3.63) is 54.1 Å². The van der Waals surface area contributed by atoms with E-state index in [2.05, 4.69) is 31.4 Å². The Labute approximate surface area is 143 Å². The molecule has 2 rings (SSSR count). The molecule has 0 aliphatic carbocycles. The van der Waals surface area contributed by atoms with Gasteiger partial charge in [-0.1, -0.05) is 51.1 Å². The Balaban J connectivity index is 1.93. The summed E-state index contributed by atoms with van der Waals surface area (Å²) in [6.07, 6.45) is 0. The van der Waals surface area contributed by atoms with Crippen LogP contribution in [-0.4, -0.2) is 19.9 Å². The molecule has 5 heteroatoms. The van der Waals surface area contributed by atoms with E-state index in [-0.39, 0.29) is 18.2 Å². The van der Waals surface area contributed by atoms with E-state index >= 15 is 0 Å². The molecule has 0 aliphatic heterocycles. The van der Waals surface area contributed by atoms with Crippen LogP contribution in [0, 0.1) is 0 Å². The number of amides is 2. The van der Waals surface area contributed by atoms with Gasteiger partial charge in [0, 0.05) is 5.69 Å². The fourth-order valence-corrected chi connectivity index (χ4v) is 2.33. The molecule has 0 heterocycles. The highest BCUT2D eigenvalue weighted by atomic mass is 16.5. The van der Waals surface area contributed by atoms with Gasteiger partial charge in [0.25, 0.3) is 0 Å². The van der Waals surface area contributed by atoms with Crippen molar-refractivity contribution in [2.45, 2.75) is 26.2 Å². The van der Waals surface area contributed by atoms with E-state index in [0.29, 0.717) is 11.5 Å². The van der Waals surface area contributed by atoms with Crippen LogP contribution in [-0.2, 0) is 5.41 Å². The van der Waals surface area contributed by atoms with Gasteiger partial charge in [0.15, 0.2) is 18.2 Å². The lowest BCUT2D eigenvalue weighted by atomic mass is 9.86.